The highest BCUT2D eigenvalue weighted by Gasteiger charge is 2.26. The van der Waals surface area contributed by atoms with Crippen molar-refractivity contribution in [3.63, 3.8) is 0 Å². The Bertz CT molecular complexity index is 371. The summed E-state index contributed by atoms with van der Waals surface area (Å²) in [5.41, 5.74) is 1.33. The quantitative estimate of drug-likeness (QED) is 0.827. The molecule has 1 aliphatic rings. The first-order chi connectivity index (χ1) is 8.70. The van der Waals surface area contributed by atoms with Crippen LogP contribution in [0.5, 0.6) is 0 Å². The van der Waals surface area contributed by atoms with Gasteiger partial charge in [0, 0.05) is 27.5 Å². The van der Waals surface area contributed by atoms with Crippen LogP contribution in [0.2, 0.25) is 0 Å². The molecule has 0 bridgehead atoms. The van der Waals surface area contributed by atoms with Crippen LogP contribution in [0.1, 0.15) is 31.4 Å². The van der Waals surface area contributed by atoms with Crippen LogP contribution < -0.4 is 5.32 Å². The Morgan fingerprint density at radius 2 is 2.06 bits per heavy atom. The zero-order valence-corrected chi connectivity index (χ0v) is 13.8. The molecule has 100 valence electrons. The normalized spacial score (nSPS) is 21.2. The first-order valence-electron chi connectivity index (χ1n) is 6.48. The van der Waals surface area contributed by atoms with Gasteiger partial charge >= 0.3 is 0 Å². The maximum absolute atomic E-state index is 5.54. The van der Waals surface area contributed by atoms with Gasteiger partial charge in [-0.3, -0.25) is 0 Å². The minimum absolute atomic E-state index is 0.390. The Morgan fingerprint density at radius 3 is 2.61 bits per heavy atom. The van der Waals surface area contributed by atoms with E-state index < -0.39 is 0 Å². The van der Waals surface area contributed by atoms with Gasteiger partial charge in [-0.2, -0.15) is 0 Å². The smallest absolute Gasteiger partial charge is 0.0513 e. The average molecular weight is 377 g/mol. The van der Waals surface area contributed by atoms with Crippen LogP contribution in [0.3, 0.4) is 0 Å². The topological polar surface area (TPSA) is 21.3 Å². The van der Waals surface area contributed by atoms with Crippen LogP contribution in [-0.2, 0) is 4.74 Å². The van der Waals surface area contributed by atoms with Crippen molar-refractivity contribution in [1.29, 1.82) is 0 Å². The number of nitrogens with one attached hydrogen (secondary N) is 1. The van der Waals surface area contributed by atoms with Crippen molar-refractivity contribution in [2.45, 2.75) is 25.8 Å². The molecule has 1 aromatic rings. The summed E-state index contributed by atoms with van der Waals surface area (Å²) in [5.74, 6) is 0.581. The highest BCUT2D eigenvalue weighted by atomic mass is 79.9. The summed E-state index contributed by atoms with van der Waals surface area (Å²) in [6.07, 6.45) is 2.30. The molecule has 1 fully saturated rings. The fourth-order valence-electron chi connectivity index (χ4n) is 2.43. The summed E-state index contributed by atoms with van der Waals surface area (Å²) in [7, 11) is 0. The Morgan fingerprint density at radius 1 is 1.33 bits per heavy atom. The van der Waals surface area contributed by atoms with Gasteiger partial charge in [-0.15, -0.1) is 0 Å². The molecule has 0 radical (unpaired) electrons. The molecule has 1 heterocycles. The summed E-state index contributed by atoms with van der Waals surface area (Å²) in [6.45, 7) is 5.01. The fourth-order valence-corrected chi connectivity index (χ4v) is 3.76. The van der Waals surface area contributed by atoms with Crippen molar-refractivity contribution in [3.05, 3.63) is 32.7 Å². The predicted octanol–water partition coefficient (Wildman–Crippen LogP) is 4.29. The summed E-state index contributed by atoms with van der Waals surface area (Å²) >= 11 is 7.14. The number of benzene rings is 1. The summed E-state index contributed by atoms with van der Waals surface area (Å²) in [4.78, 5) is 0. The van der Waals surface area contributed by atoms with Gasteiger partial charge < -0.3 is 10.1 Å². The summed E-state index contributed by atoms with van der Waals surface area (Å²) in [5, 5.41) is 3.66. The second-order valence-electron chi connectivity index (χ2n) is 4.76. The Kier molecular flexibility index (Phi) is 5.67. The summed E-state index contributed by atoms with van der Waals surface area (Å²) in [6, 6.07) is 6.87. The van der Waals surface area contributed by atoms with Crippen molar-refractivity contribution in [2.75, 3.05) is 19.8 Å². The molecule has 2 unspecified atom stereocenters. The SMILES string of the molecule is CCCNC(c1cc(Br)cc(Br)c1)C1CCOC1. The molecular weight excluding hydrogens is 358 g/mol. The zero-order valence-electron chi connectivity index (χ0n) is 10.6. The van der Waals surface area contributed by atoms with E-state index in [1.807, 2.05) is 0 Å². The lowest BCUT2D eigenvalue weighted by molar-refractivity contribution is 0.176. The van der Waals surface area contributed by atoms with Gasteiger partial charge in [0.15, 0.2) is 0 Å². The lowest BCUT2D eigenvalue weighted by Gasteiger charge is -2.24. The van der Waals surface area contributed by atoms with Gasteiger partial charge in [0.05, 0.1) is 6.61 Å². The van der Waals surface area contributed by atoms with Gasteiger partial charge in [-0.1, -0.05) is 38.8 Å². The standard InChI is InChI=1S/C14H19Br2NO/c1-2-4-17-14(10-3-5-18-9-10)11-6-12(15)8-13(16)7-11/h6-8,10,14,17H,2-5,9H2,1H3. The molecule has 0 spiro atoms. The number of halogens is 2. The van der Waals surface area contributed by atoms with Crippen molar-refractivity contribution in [3.8, 4) is 0 Å². The highest BCUT2D eigenvalue weighted by Crippen LogP contribution is 2.32. The monoisotopic (exact) mass is 375 g/mol. The molecule has 2 rings (SSSR count). The van der Waals surface area contributed by atoms with E-state index in [0.29, 0.717) is 12.0 Å². The van der Waals surface area contributed by atoms with Crippen molar-refractivity contribution in [1.82, 2.24) is 5.32 Å². The average Bonchev–Trinajstić information content (AvgIpc) is 2.82. The van der Waals surface area contributed by atoms with Crippen LogP contribution >= 0.6 is 31.9 Å². The molecule has 1 saturated heterocycles. The van der Waals surface area contributed by atoms with Crippen LogP contribution in [0, 0.1) is 5.92 Å². The molecular formula is C14H19Br2NO. The van der Waals surface area contributed by atoms with Crippen molar-refractivity contribution in [2.24, 2.45) is 5.92 Å². The summed E-state index contributed by atoms with van der Waals surface area (Å²) < 4.78 is 7.78. The second kappa shape index (κ2) is 7.04. The zero-order chi connectivity index (χ0) is 13.0. The second-order valence-corrected chi connectivity index (χ2v) is 6.59. The van der Waals surface area contributed by atoms with E-state index in [9.17, 15) is 0 Å². The van der Waals surface area contributed by atoms with Crippen LogP contribution in [0.4, 0.5) is 0 Å². The lowest BCUT2D eigenvalue weighted by atomic mass is 9.92. The number of rotatable bonds is 5. The number of hydrogen-bond donors (Lipinski definition) is 1. The maximum Gasteiger partial charge on any atom is 0.0513 e. The minimum atomic E-state index is 0.390. The third-order valence-corrected chi connectivity index (χ3v) is 4.21. The van der Waals surface area contributed by atoms with Crippen molar-refractivity contribution >= 4 is 31.9 Å². The molecule has 1 aromatic carbocycles. The van der Waals surface area contributed by atoms with E-state index in [2.05, 4.69) is 62.3 Å². The predicted molar refractivity (Wildman–Crippen MR) is 81.8 cm³/mol. The molecule has 0 aromatic heterocycles. The Hall–Kier alpha value is 0.1000. The minimum Gasteiger partial charge on any atom is -0.381 e. The molecule has 0 aliphatic carbocycles. The third-order valence-electron chi connectivity index (χ3n) is 3.29. The molecule has 18 heavy (non-hydrogen) atoms. The van der Waals surface area contributed by atoms with Gasteiger partial charge in [0.1, 0.15) is 0 Å². The maximum atomic E-state index is 5.54. The lowest BCUT2D eigenvalue weighted by Crippen LogP contribution is -2.29. The highest BCUT2D eigenvalue weighted by molar-refractivity contribution is 9.11. The van der Waals surface area contributed by atoms with E-state index in [0.717, 1.165) is 41.5 Å². The Balaban J connectivity index is 2.20. The molecule has 1 aliphatic heterocycles. The number of ether oxygens (including phenoxy) is 1. The van der Waals surface area contributed by atoms with Gasteiger partial charge in [-0.05, 0) is 43.1 Å². The first-order valence-corrected chi connectivity index (χ1v) is 8.06. The number of hydrogen-bond acceptors (Lipinski definition) is 2. The molecule has 4 heteroatoms. The molecule has 0 saturated carbocycles. The van der Waals surface area contributed by atoms with Crippen LogP contribution in [0.15, 0.2) is 27.1 Å². The van der Waals surface area contributed by atoms with Gasteiger partial charge in [-0.25, -0.2) is 0 Å². The van der Waals surface area contributed by atoms with E-state index >= 15 is 0 Å². The fraction of sp³-hybridized carbons (Fsp3) is 0.571. The first kappa shape index (κ1) is 14.5. The van der Waals surface area contributed by atoms with E-state index in [4.69, 9.17) is 4.74 Å². The Labute approximate surface area is 126 Å². The van der Waals surface area contributed by atoms with E-state index in [-0.39, 0.29) is 0 Å². The molecule has 2 atom stereocenters. The van der Waals surface area contributed by atoms with E-state index in [1.54, 1.807) is 0 Å². The van der Waals surface area contributed by atoms with E-state index in [1.165, 1.54) is 5.56 Å². The van der Waals surface area contributed by atoms with Crippen LogP contribution in [-0.4, -0.2) is 19.8 Å². The van der Waals surface area contributed by atoms with Gasteiger partial charge in [0.25, 0.3) is 0 Å². The van der Waals surface area contributed by atoms with Gasteiger partial charge in [0.2, 0.25) is 0 Å². The molecule has 2 nitrogen and oxygen atoms in total. The van der Waals surface area contributed by atoms with Crippen molar-refractivity contribution < 1.29 is 4.74 Å². The van der Waals surface area contributed by atoms with Crippen LogP contribution in [0.25, 0.3) is 0 Å². The molecule has 1 N–H and O–H groups in total. The molecule has 0 amide bonds. The largest absolute Gasteiger partial charge is 0.381 e. The third kappa shape index (κ3) is 3.80.